The summed E-state index contributed by atoms with van der Waals surface area (Å²) in [7, 11) is 0. The number of hydrogen-bond donors (Lipinski definition) is 1. The molecule has 0 radical (unpaired) electrons. The van der Waals surface area contributed by atoms with Crippen LogP contribution in [0.5, 0.6) is 0 Å². The standard InChI is InChI=1S/C12H16F2N2O2/c1-3-4-8(2)7-15-11-6-12(16(17)18)10(14)5-9(11)13/h5-6,8,15H,3-4,7H2,1-2H3. The zero-order valence-corrected chi connectivity index (χ0v) is 10.4. The summed E-state index contributed by atoms with van der Waals surface area (Å²) in [6, 6.07) is 1.42. The quantitative estimate of drug-likeness (QED) is 0.625. The molecule has 6 heteroatoms. The van der Waals surface area contributed by atoms with E-state index in [9.17, 15) is 18.9 Å². The van der Waals surface area contributed by atoms with Gasteiger partial charge in [0, 0.05) is 18.7 Å². The molecule has 1 unspecified atom stereocenters. The summed E-state index contributed by atoms with van der Waals surface area (Å²) in [4.78, 5) is 9.68. The van der Waals surface area contributed by atoms with Gasteiger partial charge < -0.3 is 5.32 Å². The van der Waals surface area contributed by atoms with E-state index in [2.05, 4.69) is 5.32 Å². The van der Waals surface area contributed by atoms with Crippen molar-refractivity contribution in [2.45, 2.75) is 26.7 Å². The molecule has 0 aliphatic carbocycles. The van der Waals surface area contributed by atoms with Crippen LogP contribution in [-0.2, 0) is 0 Å². The largest absolute Gasteiger partial charge is 0.382 e. The van der Waals surface area contributed by atoms with Gasteiger partial charge in [-0.2, -0.15) is 4.39 Å². The molecule has 0 amide bonds. The molecular formula is C12H16F2N2O2. The minimum atomic E-state index is -1.16. The lowest BCUT2D eigenvalue weighted by molar-refractivity contribution is -0.387. The van der Waals surface area contributed by atoms with Crippen LogP contribution in [0.4, 0.5) is 20.2 Å². The van der Waals surface area contributed by atoms with Gasteiger partial charge >= 0.3 is 5.69 Å². The molecule has 0 saturated carbocycles. The highest BCUT2D eigenvalue weighted by molar-refractivity contribution is 5.53. The molecule has 0 fully saturated rings. The van der Waals surface area contributed by atoms with Gasteiger partial charge in [0.2, 0.25) is 5.82 Å². The number of halogens is 2. The van der Waals surface area contributed by atoms with Crippen LogP contribution in [0.15, 0.2) is 12.1 Å². The van der Waals surface area contributed by atoms with Gasteiger partial charge in [-0.15, -0.1) is 0 Å². The van der Waals surface area contributed by atoms with Gasteiger partial charge in [-0.25, -0.2) is 4.39 Å². The highest BCUT2D eigenvalue weighted by Gasteiger charge is 2.18. The van der Waals surface area contributed by atoms with Crippen LogP contribution in [0.25, 0.3) is 0 Å². The molecule has 0 bridgehead atoms. The minimum Gasteiger partial charge on any atom is -0.382 e. The van der Waals surface area contributed by atoms with Gasteiger partial charge in [0.1, 0.15) is 5.82 Å². The Labute approximate surface area is 104 Å². The number of benzene rings is 1. The first-order valence-corrected chi connectivity index (χ1v) is 5.83. The van der Waals surface area contributed by atoms with Crippen molar-refractivity contribution in [3.05, 3.63) is 33.9 Å². The Hall–Kier alpha value is -1.72. The Balaban J connectivity index is 2.82. The molecule has 18 heavy (non-hydrogen) atoms. The molecule has 0 spiro atoms. The predicted molar refractivity (Wildman–Crippen MR) is 65.6 cm³/mol. The van der Waals surface area contributed by atoms with E-state index in [4.69, 9.17) is 0 Å². The molecule has 0 aromatic heterocycles. The fourth-order valence-corrected chi connectivity index (χ4v) is 1.69. The Morgan fingerprint density at radius 3 is 2.61 bits per heavy atom. The molecule has 1 aromatic rings. The Bertz CT molecular complexity index is 438. The van der Waals surface area contributed by atoms with Crippen LogP contribution < -0.4 is 5.32 Å². The van der Waals surface area contributed by atoms with E-state index >= 15 is 0 Å². The van der Waals surface area contributed by atoms with Crippen molar-refractivity contribution in [3.8, 4) is 0 Å². The molecule has 1 rings (SSSR count). The zero-order valence-electron chi connectivity index (χ0n) is 10.4. The summed E-state index contributed by atoms with van der Waals surface area (Å²) in [5.41, 5.74) is -0.756. The number of hydrogen-bond acceptors (Lipinski definition) is 3. The van der Waals surface area contributed by atoms with Gasteiger partial charge in [-0.3, -0.25) is 10.1 Å². The molecule has 1 aromatic carbocycles. The molecule has 0 heterocycles. The number of anilines is 1. The molecule has 4 nitrogen and oxygen atoms in total. The second-order valence-corrected chi connectivity index (χ2v) is 4.32. The number of nitrogens with one attached hydrogen (secondary N) is 1. The van der Waals surface area contributed by atoms with E-state index < -0.39 is 22.2 Å². The smallest absolute Gasteiger partial charge is 0.307 e. The summed E-state index contributed by atoms with van der Waals surface area (Å²) in [5.74, 6) is -1.66. The van der Waals surface area contributed by atoms with Crippen LogP contribution in [0.2, 0.25) is 0 Å². The van der Waals surface area contributed by atoms with E-state index in [1.165, 1.54) is 0 Å². The van der Waals surface area contributed by atoms with Crippen molar-refractivity contribution in [2.24, 2.45) is 5.92 Å². The topological polar surface area (TPSA) is 55.2 Å². The SMILES string of the molecule is CCCC(C)CNc1cc([N+](=O)[O-])c(F)cc1F. The van der Waals surface area contributed by atoms with Crippen molar-refractivity contribution < 1.29 is 13.7 Å². The van der Waals surface area contributed by atoms with Gasteiger partial charge in [-0.1, -0.05) is 20.3 Å². The molecule has 0 aliphatic heterocycles. The van der Waals surface area contributed by atoms with Crippen LogP contribution in [0.1, 0.15) is 26.7 Å². The van der Waals surface area contributed by atoms with E-state index in [1.54, 1.807) is 0 Å². The number of nitro benzene ring substituents is 1. The van der Waals surface area contributed by atoms with Crippen LogP contribution in [0.3, 0.4) is 0 Å². The highest BCUT2D eigenvalue weighted by Crippen LogP contribution is 2.25. The monoisotopic (exact) mass is 258 g/mol. The van der Waals surface area contributed by atoms with Gasteiger partial charge in [-0.05, 0) is 12.3 Å². The summed E-state index contributed by atoms with van der Waals surface area (Å²) in [6.45, 7) is 4.53. The van der Waals surface area contributed by atoms with E-state index in [1.807, 2.05) is 13.8 Å². The van der Waals surface area contributed by atoms with Gasteiger partial charge in [0.15, 0.2) is 0 Å². The lowest BCUT2D eigenvalue weighted by Gasteiger charge is -2.13. The Kier molecular flexibility index (Phi) is 5.00. The summed E-state index contributed by atoms with van der Waals surface area (Å²) in [5, 5.41) is 13.3. The zero-order chi connectivity index (χ0) is 13.7. The first kappa shape index (κ1) is 14.3. The second kappa shape index (κ2) is 6.28. The first-order valence-electron chi connectivity index (χ1n) is 5.83. The molecule has 100 valence electrons. The van der Waals surface area contributed by atoms with Crippen molar-refractivity contribution in [3.63, 3.8) is 0 Å². The fourth-order valence-electron chi connectivity index (χ4n) is 1.69. The first-order chi connectivity index (χ1) is 8.45. The maximum Gasteiger partial charge on any atom is 0.307 e. The van der Waals surface area contributed by atoms with E-state index in [0.717, 1.165) is 18.9 Å². The minimum absolute atomic E-state index is 0.0361. The molecule has 1 atom stereocenters. The van der Waals surface area contributed by atoms with Crippen LogP contribution >= 0.6 is 0 Å². The van der Waals surface area contributed by atoms with Crippen LogP contribution in [0, 0.1) is 27.7 Å². The van der Waals surface area contributed by atoms with Crippen molar-refractivity contribution in [1.82, 2.24) is 0 Å². The molecular weight excluding hydrogens is 242 g/mol. The lowest BCUT2D eigenvalue weighted by atomic mass is 10.1. The number of nitrogens with zero attached hydrogens (tertiary/aromatic N) is 1. The van der Waals surface area contributed by atoms with Gasteiger partial charge in [0.05, 0.1) is 10.6 Å². The number of rotatable bonds is 6. The third-order valence-corrected chi connectivity index (χ3v) is 2.66. The molecule has 0 aliphatic rings. The van der Waals surface area contributed by atoms with Crippen LogP contribution in [-0.4, -0.2) is 11.5 Å². The van der Waals surface area contributed by atoms with Crippen molar-refractivity contribution in [1.29, 1.82) is 0 Å². The molecule has 1 N–H and O–H groups in total. The van der Waals surface area contributed by atoms with Crippen molar-refractivity contribution >= 4 is 11.4 Å². The van der Waals surface area contributed by atoms with Crippen molar-refractivity contribution in [2.75, 3.05) is 11.9 Å². The summed E-state index contributed by atoms with van der Waals surface area (Å²) >= 11 is 0. The Morgan fingerprint density at radius 1 is 1.39 bits per heavy atom. The lowest BCUT2D eigenvalue weighted by Crippen LogP contribution is -2.12. The maximum atomic E-state index is 13.4. The average molecular weight is 258 g/mol. The number of nitro groups is 1. The fraction of sp³-hybridized carbons (Fsp3) is 0.500. The van der Waals surface area contributed by atoms with E-state index in [0.29, 0.717) is 18.5 Å². The Morgan fingerprint density at radius 2 is 2.06 bits per heavy atom. The second-order valence-electron chi connectivity index (χ2n) is 4.32. The molecule has 0 saturated heterocycles. The average Bonchev–Trinajstić information content (AvgIpc) is 2.27. The summed E-state index contributed by atoms with van der Waals surface area (Å²) < 4.78 is 26.5. The van der Waals surface area contributed by atoms with E-state index in [-0.39, 0.29) is 5.69 Å². The third kappa shape index (κ3) is 3.65. The van der Waals surface area contributed by atoms with Gasteiger partial charge in [0.25, 0.3) is 0 Å². The highest BCUT2D eigenvalue weighted by atomic mass is 19.1. The normalized spacial score (nSPS) is 12.2. The maximum absolute atomic E-state index is 13.4. The summed E-state index contributed by atoms with van der Waals surface area (Å²) in [6.07, 6.45) is 1.98. The third-order valence-electron chi connectivity index (χ3n) is 2.66. The predicted octanol–water partition coefficient (Wildman–Crippen LogP) is 3.72.